The van der Waals surface area contributed by atoms with Crippen molar-refractivity contribution in [3.8, 4) is 0 Å². The number of rotatable bonds is 4. The Balaban J connectivity index is 2.35. The van der Waals surface area contributed by atoms with Crippen LogP contribution in [0.4, 0.5) is 13.2 Å². The van der Waals surface area contributed by atoms with Crippen LogP contribution in [-0.2, 0) is 19.0 Å². The highest BCUT2D eigenvalue weighted by Crippen LogP contribution is 2.36. The van der Waals surface area contributed by atoms with Crippen molar-refractivity contribution in [2.24, 2.45) is 12.2 Å². The second kappa shape index (κ2) is 6.43. The zero-order valence-corrected chi connectivity index (χ0v) is 12.7. The number of halogens is 3. The SMILES string of the molecule is Cc1ccccc1CSc1c(/C=N/O)c(C(F)(F)F)nn1C. The Hall–Kier alpha value is -1.96. The van der Waals surface area contributed by atoms with Crippen LogP contribution in [0.3, 0.4) is 0 Å². The molecular formula is C14H14F3N3OS. The fourth-order valence-electron chi connectivity index (χ4n) is 2.00. The average molecular weight is 329 g/mol. The van der Waals surface area contributed by atoms with E-state index in [4.69, 9.17) is 5.21 Å². The maximum absolute atomic E-state index is 13.0. The lowest BCUT2D eigenvalue weighted by molar-refractivity contribution is -0.141. The smallest absolute Gasteiger partial charge is 0.411 e. The number of alkyl halides is 3. The molecule has 0 aliphatic carbocycles. The van der Waals surface area contributed by atoms with E-state index in [-0.39, 0.29) is 5.56 Å². The Bertz CT molecular complexity index is 695. The lowest BCUT2D eigenvalue weighted by Crippen LogP contribution is -2.09. The predicted molar refractivity (Wildman–Crippen MR) is 78.3 cm³/mol. The fraction of sp³-hybridized carbons (Fsp3) is 0.286. The molecule has 0 unspecified atom stereocenters. The van der Waals surface area contributed by atoms with Gasteiger partial charge in [-0.15, -0.1) is 11.8 Å². The highest BCUT2D eigenvalue weighted by Gasteiger charge is 2.38. The van der Waals surface area contributed by atoms with Crippen molar-refractivity contribution in [1.82, 2.24) is 9.78 Å². The number of nitrogens with zero attached hydrogens (tertiary/aromatic N) is 3. The molecule has 4 nitrogen and oxygen atoms in total. The van der Waals surface area contributed by atoms with Crippen molar-refractivity contribution in [3.05, 3.63) is 46.6 Å². The Morgan fingerprint density at radius 1 is 1.36 bits per heavy atom. The minimum Gasteiger partial charge on any atom is -0.411 e. The maximum atomic E-state index is 13.0. The second-order valence-corrected chi connectivity index (χ2v) is 5.61. The highest BCUT2D eigenvalue weighted by molar-refractivity contribution is 7.98. The third-order valence-corrected chi connectivity index (χ3v) is 4.32. The van der Waals surface area contributed by atoms with E-state index in [1.807, 2.05) is 31.2 Å². The molecule has 0 saturated carbocycles. The van der Waals surface area contributed by atoms with E-state index in [2.05, 4.69) is 10.3 Å². The molecule has 1 aromatic heterocycles. The van der Waals surface area contributed by atoms with E-state index in [0.717, 1.165) is 22.0 Å². The molecule has 0 atom stereocenters. The van der Waals surface area contributed by atoms with E-state index in [1.165, 1.54) is 18.8 Å². The number of thioether (sulfide) groups is 1. The van der Waals surface area contributed by atoms with Crippen LogP contribution in [-0.4, -0.2) is 21.2 Å². The minimum absolute atomic E-state index is 0.226. The van der Waals surface area contributed by atoms with Crippen molar-refractivity contribution < 1.29 is 18.4 Å². The van der Waals surface area contributed by atoms with Gasteiger partial charge in [0, 0.05) is 12.8 Å². The van der Waals surface area contributed by atoms with Crippen molar-refractivity contribution in [2.75, 3.05) is 0 Å². The van der Waals surface area contributed by atoms with E-state index in [0.29, 0.717) is 10.8 Å². The van der Waals surface area contributed by atoms with Crippen molar-refractivity contribution in [3.63, 3.8) is 0 Å². The first-order valence-corrected chi connectivity index (χ1v) is 7.32. The molecule has 22 heavy (non-hydrogen) atoms. The van der Waals surface area contributed by atoms with Crippen molar-refractivity contribution in [2.45, 2.75) is 23.9 Å². The number of hydrogen-bond acceptors (Lipinski definition) is 4. The van der Waals surface area contributed by atoms with E-state index in [9.17, 15) is 13.2 Å². The van der Waals surface area contributed by atoms with Gasteiger partial charge in [-0.2, -0.15) is 18.3 Å². The predicted octanol–water partition coefficient (Wildman–Crippen LogP) is 3.85. The molecular weight excluding hydrogens is 315 g/mol. The summed E-state index contributed by atoms with van der Waals surface area (Å²) in [5.74, 6) is 0.496. The molecule has 0 saturated heterocycles. The second-order valence-electron chi connectivity index (χ2n) is 4.65. The summed E-state index contributed by atoms with van der Waals surface area (Å²) in [6, 6.07) is 7.64. The number of oxime groups is 1. The first kappa shape index (κ1) is 16.4. The van der Waals surface area contributed by atoms with Crippen LogP contribution < -0.4 is 0 Å². The van der Waals surface area contributed by atoms with E-state index >= 15 is 0 Å². The molecule has 118 valence electrons. The van der Waals surface area contributed by atoms with Crippen LogP contribution in [0.1, 0.15) is 22.4 Å². The summed E-state index contributed by atoms with van der Waals surface area (Å²) >= 11 is 1.22. The van der Waals surface area contributed by atoms with Crippen LogP contribution in [0.15, 0.2) is 34.4 Å². The lowest BCUT2D eigenvalue weighted by atomic mass is 10.1. The first-order chi connectivity index (χ1) is 10.3. The van der Waals surface area contributed by atoms with Crippen molar-refractivity contribution >= 4 is 18.0 Å². The van der Waals surface area contributed by atoms with Crippen LogP contribution >= 0.6 is 11.8 Å². The summed E-state index contributed by atoms with van der Waals surface area (Å²) in [6.07, 6.45) is -3.83. The molecule has 0 bridgehead atoms. The number of aryl methyl sites for hydroxylation is 2. The summed E-state index contributed by atoms with van der Waals surface area (Å²) in [4.78, 5) is 0. The molecule has 1 heterocycles. The first-order valence-electron chi connectivity index (χ1n) is 6.33. The largest absolute Gasteiger partial charge is 0.435 e. The van der Waals surface area contributed by atoms with E-state index in [1.54, 1.807) is 0 Å². The van der Waals surface area contributed by atoms with Gasteiger partial charge >= 0.3 is 6.18 Å². The molecule has 0 radical (unpaired) electrons. The molecule has 8 heteroatoms. The van der Waals surface area contributed by atoms with Crippen LogP contribution in [0.2, 0.25) is 0 Å². The zero-order chi connectivity index (χ0) is 16.3. The Labute approximate surface area is 129 Å². The standard InChI is InChI=1S/C14H14F3N3OS/c1-9-5-3-4-6-10(9)8-22-13-11(7-18-21)12(14(15,16)17)19-20(13)2/h3-7,21H,8H2,1-2H3/b18-7+. The molecule has 0 aliphatic rings. The molecule has 2 rings (SSSR count). The summed E-state index contributed by atoms with van der Waals surface area (Å²) in [5, 5.41) is 15.2. The van der Waals surface area contributed by atoms with Gasteiger partial charge in [-0.25, -0.2) is 0 Å². The highest BCUT2D eigenvalue weighted by atomic mass is 32.2. The fourth-order valence-corrected chi connectivity index (χ4v) is 3.15. The van der Waals surface area contributed by atoms with Gasteiger partial charge in [0.05, 0.1) is 11.8 Å². The number of hydrogen-bond donors (Lipinski definition) is 1. The lowest BCUT2D eigenvalue weighted by Gasteiger charge is -2.07. The van der Waals surface area contributed by atoms with Gasteiger partial charge in [0.15, 0.2) is 5.69 Å². The maximum Gasteiger partial charge on any atom is 0.435 e. The molecule has 0 spiro atoms. The zero-order valence-electron chi connectivity index (χ0n) is 11.9. The van der Waals surface area contributed by atoms with E-state index < -0.39 is 11.9 Å². The molecule has 0 fully saturated rings. The Kier molecular flexibility index (Phi) is 4.80. The molecule has 1 aromatic carbocycles. The van der Waals surface area contributed by atoms with Gasteiger partial charge in [-0.05, 0) is 18.1 Å². The van der Waals surface area contributed by atoms with Crippen LogP contribution in [0, 0.1) is 6.92 Å². The third-order valence-electron chi connectivity index (χ3n) is 3.11. The summed E-state index contributed by atoms with van der Waals surface area (Å²) in [7, 11) is 1.43. The van der Waals surface area contributed by atoms with Gasteiger partial charge in [0.2, 0.25) is 0 Å². The Morgan fingerprint density at radius 2 is 2.05 bits per heavy atom. The van der Waals surface area contributed by atoms with Crippen LogP contribution in [0.5, 0.6) is 0 Å². The van der Waals surface area contributed by atoms with Gasteiger partial charge in [-0.3, -0.25) is 4.68 Å². The number of aromatic nitrogens is 2. The van der Waals surface area contributed by atoms with Gasteiger partial charge in [-0.1, -0.05) is 29.4 Å². The summed E-state index contributed by atoms with van der Waals surface area (Å²) < 4.78 is 40.0. The average Bonchev–Trinajstić information content (AvgIpc) is 2.75. The Morgan fingerprint density at radius 3 is 2.64 bits per heavy atom. The van der Waals surface area contributed by atoms with Gasteiger partial charge in [0.1, 0.15) is 5.03 Å². The monoisotopic (exact) mass is 329 g/mol. The van der Waals surface area contributed by atoms with Crippen LogP contribution in [0.25, 0.3) is 0 Å². The molecule has 1 N–H and O–H groups in total. The third kappa shape index (κ3) is 3.44. The van der Waals surface area contributed by atoms with Gasteiger partial charge < -0.3 is 5.21 Å². The number of benzene rings is 1. The molecule has 2 aromatic rings. The summed E-state index contributed by atoms with van der Waals surface area (Å²) in [6.45, 7) is 1.94. The normalized spacial score (nSPS) is 12.2. The molecule has 0 amide bonds. The topological polar surface area (TPSA) is 50.4 Å². The quantitative estimate of drug-likeness (QED) is 0.401. The van der Waals surface area contributed by atoms with Gasteiger partial charge in [0.25, 0.3) is 0 Å². The minimum atomic E-state index is -4.60. The van der Waals surface area contributed by atoms with Crippen molar-refractivity contribution in [1.29, 1.82) is 0 Å². The molecule has 0 aliphatic heterocycles. The summed E-state index contributed by atoms with van der Waals surface area (Å²) in [5.41, 5.74) is 0.802.